The Hall–Kier alpha value is -1.65. The van der Waals surface area contributed by atoms with Gasteiger partial charge >= 0.3 is 0 Å². The lowest BCUT2D eigenvalue weighted by atomic mass is 10.4. The van der Waals surface area contributed by atoms with Crippen LogP contribution in [0, 0.1) is 0 Å². The molecule has 1 N–H and O–H groups in total. The van der Waals surface area contributed by atoms with E-state index in [4.69, 9.17) is 0 Å². The summed E-state index contributed by atoms with van der Waals surface area (Å²) < 4.78 is 1.70. The van der Waals surface area contributed by atoms with E-state index in [0.717, 1.165) is 0 Å². The summed E-state index contributed by atoms with van der Waals surface area (Å²) in [7, 11) is 3.36. The molecule has 0 radical (unpaired) electrons. The van der Waals surface area contributed by atoms with Gasteiger partial charge in [0.05, 0.1) is 6.33 Å². The van der Waals surface area contributed by atoms with Crippen molar-refractivity contribution in [2.75, 3.05) is 7.05 Å². The van der Waals surface area contributed by atoms with Crippen LogP contribution in [0.1, 0.15) is 17.4 Å². The van der Waals surface area contributed by atoms with Gasteiger partial charge in [0, 0.05) is 20.3 Å². The van der Waals surface area contributed by atoms with Crippen molar-refractivity contribution in [3.05, 3.63) is 12.0 Å². The zero-order chi connectivity index (χ0) is 9.84. The molecule has 0 atom stereocenters. The Bertz CT molecular complexity index is 340. The van der Waals surface area contributed by atoms with E-state index in [1.165, 1.54) is 0 Å². The number of imidazole rings is 1. The molecule has 0 unspecified atom stereocenters. The highest BCUT2D eigenvalue weighted by Crippen LogP contribution is 2.15. The van der Waals surface area contributed by atoms with Crippen molar-refractivity contribution < 1.29 is 4.79 Å². The number of nitrogens with one attached hydrogen (secondary N) is 1. The summed E-state index contributed by atoms with van der Waals surface area (Å²) in [4.78, 5) is 19.3. The molecule has 0 aliphatic rings. The molecule has 1 aromatic heterocycles. The van der Waals surface area contributed by atoms with Crippen molar-refractivity contribution in [1.29, 1.82) is 0 Å². The third-order valence-electron chi connectivity index (χ3n) is 1.60. The van der Waals surface area contributed by atoms with Crippen molar-refractivity contribution in [3.8, 4) is 0 Å². The fourth-order valence-corrected chi connectivity index (χ4v) is 0.977. The first-order chi connectivity index (χ1) is 6.20. The van der Waals surface area contributed by atoms with Gasteiger partial charge in [-0.3, -0.25) is 4.79 Å². The van der Waals surface area contributed by atoms with E-state index >= 15 is 0 Å². The van der Waals surface area contributed by atoms with E-state index in [1.54, 1.807) is 38.1 Å². The monoisotopic (exact) mass is 180 g/mol. The molecule has 0 saturated heterocycles. The summed E-state index contributed by atoms with van der Waals surface area (Å²) in [5.41, 5.74) is 0.350. The van der Waals surface area contributed by atoms with Crippen molar-refractivity contribution in [1.82, 2.24) is 14.9 Å². The van der Waals surface area contributed by atoms with E-state index in [9.17, 15) is 4.79 Å². The number of aliphatic imine (C=N–C) groups is 1. The predicted molar refractivity (Wildman–Crippen MR) is 50.4 cm³/mol. The lowest BCUT2D eigenvalue weighted by molar-refractivity contribution is 0.0959. The summed E-state index contributed by atoms with van der Waals surface area (Å²) >= 11 is 0. The first-order valence-electron chi connectivity index (χ1n) is 3.92. The van der Waals surface area contributed by atoms with E-state index in [2.05, 4.69) is 15.3 Å². The minimum atomic E-state index is -0.221. The first kappa shape index (κ1) is 9.44. The average Bonchev–Trinajstić information content (AvgIpc) is 2.48. The van der Waals surface area contributed by atoms with Gasteiger partial charge in [0.1, 0.15) is 0 Å². The Morgan fingerprint density at radius 3 is 3.00 bits per heavy atom. The van der Waals surface area contributed by atoms with E-state index in [-0.39, 0.29) is 5.91 Å². The fourth-order valence-electron chi connectivity index (χ4n) is 0.977. The van der Waals surface area contributed by atoms with Gasteiger partial charge in [-0.05, 0) is 6.92 Å². The van der Waals surface area contributed by atoms with Crippen LogP contribution in [0.25, 0.3) is 0 Å². The molecule has 0 aliphatic carbocycles. The minimum absolute atomic E-state index is 0.221. The number of aryl methyl sites for hydroxylation is 1. The maximum Gasteiger partial charge on any atom is 0.273 e. The molecule has 0 saturated carbocycles. The molecule has 1 rings (SSSR count). The lowest BCUT2D eigenvalue weighted by Crippen LogP contribution is -2.18. The number of hydrogen-bond acceptors (Lipinski definition) is 3. The second kappa shape index (κ2) is 3.84. The van der Waals surface area contributed by atoms with Crippen LogP contribution < -0.4 is 5.32 Å². The fraction of sp³-hybridized carbons (Fsp3) is 0.375. The summed E-state index contributed by atoms with van der Waals surface area (Å²) in [5, 5.41) is 2.50. The maximum absolute atomic E-state index is 11.3. The Morgan fingerprint density at radius 2 is 2.46 bits per heavy atom. The molecule has 0 fully saturated rings. The van der Waals surface area contributed by atoms with Crippen molar-refractivity contribution in [2.45, 2.75) is 6.92 Å². The molecule has 1 amide bonds. The number of carbonyl (C=O) groups is 1. The zero-order valence-corrected chi connectivity index (χ0v) is 7.90. The molecule has 0 aromatic carbocycles. The van der Waals surface area contributed by atoms with Gasteiger partial charge in [-0.1, -0.05) is 0 Å². The molecule has 0 bridgehead atoms. The quantitative estimate of drug-likeness (QED) is 0.674. The summed E-state index contributed by atoms with van der Waals surface area (Å²) in [6.45, 7) is 1.79. The SMILES string of the molecule is C/C=N\c1c(C(=O)NC)ncn1C. The van der Waals surface area contributed by atoms with Crippen molar-refractivity contribution in [2.24, 2.45) is 12.0 Å². The first-order valence-corrected chi connectivity index (χ1v) is 3.92. The topological polar surface area (TPSA) is 59.3 Å². The Labute approximate surface area is 76.5 Å². The molecule has 0 spiro atoms. The van der Waals surface area contributed by atoms with Crippen molar-refractivity contribution >= 4 is 17.9 Å². The van der Waals surface area contributed by atoms with Gasteiger partial charge in [0.15, 0.2) is 11.5 Å². The molecular weight excluding hydrogens is 168 g/mol. The van der Waals surface area contributed by atoms with E-state index in [0.29, 0.717) is 11.5 Å². The van der Waals surface area contributed by atoms with Gasteiger partial charge < -0.3 is 9.88 Å². The van der Waals surface area contributed by atoms with Crippen LogP contribution in [-0.4, -0.2) is 28.7 Å². The van der Waals surface area contributed by atoms with Crippen molar-refractivity contribution in [3.63, 3.8) is 0 Å². The highest BCUT2D eigenvalue weighted by molar-refractivity contribution is 5.96. The summed E-state index contributed by atoms with van der Waals surface area (Å²) in [6.07, 6.45) is 3.19. The third-order valence-corrected chi connectivity index (χ3v) is 1.60. The zero-order valence-electron chi connectivity index (χ0n) is 7.90. The molecule has 1 heterocycles. The highest BCUT2D eigenvalue weighted by Gasteiger charge is 2.13. The smallest absolute Gasteiger partial charge is 0.273 e. The van der Waals surface area contributed by atoms with Crippen LogP contribution in [0.2, 0.25) is 0 Å². The standard InChI is InChI=1S/C8H12N4O/c1-4-10-7-6(8(13)9-2)11-5-12(7)3/h4-5H,1-3H3,(H,9,13)/b10-4-. The van der Waals surface area contributed by atoms with Crippen LogP contribution in [0.3, 0.4) is 0 Å². The van der Waals surface area contributed by atoms with Crippen LogP contribution in [0.4, 0.5) is 5.82 Å². The second-order valence-electron chi connectivity index (χ2n) is 2.49. The van der Waals surface area contributed by atoms with Gasteiger partial charge in [-0.2, -0.15) is 0 Å². The van der Waals surface area contributed by atoms with Gasteiger partial charge in [-0.15, -0.1) is 0 Å². The van der Waals surface area contributed by atoms with Gasteiger partial charge in [0.2, 0.25) is 0 Å². The highest BCUT2D eigenvalue weighted by atomic mass is 16.1. The molecule has 0 aliphatic heterocycles. The normalized spacial score (nSPS) is 10.7. The van der Waals surface area contributed by atoms with Crippen LogP contribution in [-0.2, 0) is 7.05 Å². The van der Waals surface area contributed by atoms with Crippen LogP contribution >= 0.6 is 0 Å². The minimum Gasteiger partial charge on any atom is -0.354 e. The average molecular weight is 180 g/mol. The number of nitrogens with zero attached hydrogens (tertiary/aromatic N) is 3. The molecule has 5 nitrogen and oxygen atoms in total. The Kier molecular flexibility index (Phi) is 2.79. The summed E-state index contributed by atoms with van der Waals surface area (Å²) in [6, 6.07) is 0. The molecule has 70 valence electrons. The number of rotatable bonds is 2. The van der Waals surface area contributed by atoms with E-state index < -0.39 is 0 Å². The molecular formula is C8H12N4O. The molecule has 13 heavy (non-hydrogen) atoms. The Balaban J connectivity index is 3.14. The number of hydrogen-bond donors (Lipinski definition) is 1. The van der Waals surface area contributed by atoms with E-state index in [1.807, 2.05) is 0 Å². The largest absolute Gasteiger partial charge is 0.354 e. The van der Waals surface area contributed by atoms with Crippen LogP contribution in [0.5, 0.6) is 0 Å². The van der Waals surface area contributed by atoms with Gasteiger partial charge in [0.25, 0.3) is 5.91 Å². The number of carbonyl (C=O) groups excluding carboxylic acids is 1. The maximum atomic E-state index is 11.3. The summed E-state index contributed by atoms with van der Waals surface area (Å²) in [5.74, 6) is 0.350. The molecule has 5 heteroatoms. The molecule has 1 aromatic rings. The Morgan fingerprint density at radius 1 is 1.77 bits per heavy atom. The second-order valence-corrected chi connectivity index (χ2v) is 2.49. The van der Waals surface area contributed by atoms with Gasteiger partial charge in [-0.25, -0.2) is 9.98 Å². The number of aromatic nitrogens is 2. The third kappa shape index (κ3) is 1.74. The van der Waals surface area contributed by atoms with Crippen LogP contribution in [0.15, 0.2) is 11.3 Å². The lowest BCUT2D eigenvalue weighted by Gasteiger charge is -1.98. The number of amides is 1. The predicted octanol–water partition coefficient (Wildman–Crippen LogP) is 0.502.